The molecule has 0 amide bonds. The molecule has 0 atom stereocenters. The molecular weight excluding hydrogens is 200 g/mol. The van der Waals surface area contributed by atoms with Crippen molar-refractivity contribution in [3.05, 3.63) is 23.8 Å². The predicted octanol–water partition coefficient (Wildman–Crippen LogP) is 1.69. The first-order valence-corrected chi connectivity index (χ1v) is 5.75. The lowest BCUT2D eigenvalue weighted by Gasteiger charge is -2.06. The second kappa shape index (κ2) is 3.28. The van der Waals surface area contributed by atoms with E-state index in [0.717, 1.165) is 29.7 Å². The van der Waals surface area contributed by atoms with Crippen molar-refractivity contribution in [2.24, 2.45) is 5.73 Å². The van der Waals surface area contributed by atoms with Crippen LogP contribution in [0.1, 0.15) is 30.7 Å². The van der Waals surface area contributed by atoms with Gasteiger partial charge in [0.2, 0.25) is 0 Å². The lowest BCUT2D eigenvalue weighted by Crippen LogP contribution is -2.22. The van der Waals surface area contributed by atoms with Gasteiger partial charge in [-0.15, -0.1) is 0 Å². The summed E-state index contributed by atoms with van der Waals surface area (Å²) in [7, 11) is 0. The van der Waals surface area contributed by atoms with E-state index in [2.05, 4.69) is 15.0 Å². The van der Waals surface area contributed by atoms with Crippen molar-refractivity contribution in [2.45, 2.75) is 38.1 Å². The van der Waals surface area contributed by atoms with Crippen molar-refractivity contribution in [1.29, 1.82) is 0 Å². The number of aryl methyl sites for hydroxylation is 2. The number of hydrogen-bond acceptors (Lipinski definition) is 3. The number of nitrogens with zero attached hydrogens (tertiary/aromatic N) is 2. The fourth-order valence-electron chi connectivity index (χ4n) is 2.04. The molecule has 0 radical (unpaired) electrons. The van der Waals surface area contributed by atoms with Crippen molar-refractivity contribution in [2.75, 3.05) is 0 Å². The quantitative estimate of drug-likeness (QED) is 0.820. The summed E-state index contributed by atoms with van der Waals surface area (Å²) >= 11 is 0. The van der Waals surface area contributed by atoms with Crippen LogP contribution < -0.4 is 5.73 Å². The van der Waals surface area contributed by atoms with Gasteiger partial charge < -0.3 is 10.7 Å². The van der Waals surface area contributed by atoms with Gasteiger partial charge in [-0.2, -0.15) is 0 Å². The van der Waals surface area contributed by atoms with Crippen LogP contribution in [0.25, 0.3) is 11.0 Å². The van der Waals surface area contributed by atoms with Crippen molar-refractivity contribution in [1.82, 2.24) is 15.0 Å². The number of rotatable bonds is 3. The van der Waals surface area contributed by atoms with Gasteiger partial charge in [0.1, 0.15) is 5.82 Å². The largest absolute Gasteiger partial charge is 0.358 e. The van der Waals surface area contributed by atoms with E-state index >= 15 is 0 Å². The third kappa shape index (κ3) is 1.69. The first-order valence-electron chi connectivity index (χ1n) is 5.75. The van der Waals surface area contributed by atoms with E-state index in [4.69, 9.17) is 5.73 Å². The summed E-state index contributed by atoms with van der Waals surface area (Å²) < 4.78 is 0. The number of H-pyrrole nitrogens is 1. The van der Waals surface area contributed by atoms with Crippen LogP contribution in [0.2, 0.25) is 0 Å². The molecule has 0 aromatic carbocycles. The van der Waals surface area contributed by atoms with E-state index in [1.165, 1.54) is 18.4 Å². The molecule has 2 heterocycles. The van der Waals surface area contributed by atoms with E-state index in [-0.39, 0.29) is 5.54 Å². The predicted molar refractivity (Wildman–Crippen MR) is 63.1 cm³/mol. The summed E-state index contributed by atoms with van der Waals surface area (Å²) in [6, 6.07) is 0. The Balaban J connectivity index is 1.88. The highest BCUT2D eigenvalue weighted by atomic mass is 14.9. The molecule has 16 heavy (non-hydrogen) atoms. The standard InChI is InChI=1S/C12H16N4/c1-8-14-7-10-11(16-8)9(6-15-10)2-3-12(13)4-5-12/h6-7,15H,2-5,13H2,1H3. The lowest BCUT2D eigenvalue weighted by molar-refractivity contribution is 0.610. The van der Waals surface area contributed by atoms with E-state index in [9.17, 15) is 0 Å². The summed E-state index contributed by atoms with van der Waals surface area (Å²) in [6.07, 6.45) is 8.28. The molecule has 3 N–H and O–H groups in total. The minimum atomic E-state index is 0.117. The minimum absolute atomic E-state index is 0.117. The highest BCUT2D eigenvalue weighted by Crippen LogP contribution is 2.37. The summed E-state index contributed by atoms with van der Waals surface area (Å²) in [5.74, 6) is 0.822. The van der Waals surface area contributed by atoms with E-state index in [0.29, 0.717) is 0 Å². The number of aromatic amines is 1. The van der Waals surface area contributed by atoms with Gasteiger partial charge in [0, 0.05) is 11.7 Å². The highest BCUT2D eigenvalue weighted by molar-refractivity contribution is 5.77. The first-order chi connectivity index (χ1) is 7.66. The zero-order valence-electron chi connectivity index (χ0n) is 9.45. The van der Waals surface area contributed by atoms with Crippen molar-refractivity contribution in [3.63, 3.8) is 0 Å². The van der Waals surface area contributed by atoms with Gasteiger partial charge in [-0.3, -0.25) is 0 Å². The normalized spacial score (nSPS) is 17.9. The molecule has 4 heteroatoms. The summed E-state index contributed by atoms with van der Waals surface area (Å²) in [6.45, 7) is 1.92. The molecule has 1 aliphatic carbocycles. The van der Waals surface area contributed by atoms with Crippen LogP contribution in [-0.4, -0.2) is 20.5 Å². The highest BCUT2D eigenvalue weighted by Gasteiger charge is 2.37. The molecule has 2 aromatic heterocycles. The Labute approximate surface area is 94.3 Å². The Kier molecular flexibility index (Phi) is 2.01. The van der Waals surface area contributed by atoms with Gasteiger partial charge in [-0.25, -0.2) is 9.97 Å². The fourth-order valence-corrected chi connectivity index (χ4v) is 2.04. The van der Waals surface area contributed by atoms with Crippen LogP contribution >= 0.6 is 0 Å². The Morgan fingerprint density at radius 1 is 1.50 bits per heavy atom. The second-order valence-corrected chi connectivity index (χ2v) is 4.86. The van der Waals surface area contributed by atoms with Crippen molar-refractivity contribution < 1.29 is 0 Å². The molecule has 0 spiro atoms. The Hall–Kier alpha value is -1.42. The maximum absolute atomic E-state index is 6.09. The van der Waals surface area contributed by atoms with Crippen LogP contribution in [-0.2, 0) is 6.42 Å². The Morgan fingerprint density at radius 2 is 2.31 bits per heavy atom. The summed E-state index contributed by atoms with van der Waals surface area (Å²) in [4.78, 5) is 11.9. The van der Waals surface area contributed by atoms with Gasteiger partial charge in [0.25, 0.3) is 0 Å². The van der Waals surface area contributed by atoms with Gasteiger partial charge in [-0.05, 0) is 38.2 Å². The maximum Gasteiger partial charge on any atom is 0.126 e. The molecule has 1 saturated carbocycles. The van der Waals surface area contributed by atoms with Crippen LogP contribution in [0.3, 0.4) is 0 Å². The number of nitrogens with one attached hydrogen (secondary N) is 1. The zero-order valence-corrected chi connectivity index (χ0v) is 9.45. The van der Waals surface area contributed by atoms with Crippen molar-refractivity contribution in [3.8, 4) is 0 Å². The molecule has 1 fully saturated rings. The fraction of sp³-hybridized carbons (Fsp3) is 0.500. The van der Waals surface area contributed by atoms with Crippen LogP contribution in [0.5, 0.6) is 0 Å². The van der Waals surface area contributed by atoms with Gasteiger partial charge in [0.05, 0.1) is 17.2 Å². The van der Waals surface area contributed by atoms with Crippen molar-refractivity contribution >= 4 is 11.0 Å². The molecule has 3 rings (SSSR count). The SMILES string of the molecule is Cc1ncc2[nH]cc(CCC3(N)CC3)c2n1. The molecule has 1 aliphatic rings. The summed E-state index contributed by atoms with van der Waals surface area (Å²) in [5, 5.41) is 0. The molecule has 0 saturated heterocycles. The van der Waals surface area contributed by atoms with Crippen LogP contribution in [0.15, 0.2) is 12.4 Å². The number of aromatic nitrogens is 3. The topological polar surface area (TPSA) is 67.6 Å². The zero-order chi connectivity index (χ0) is 11.2. The van der Waals surface area contributed by atoms with Gasteiger partial charge >= 0.3 is 0 Å². The average Bonchev–Trinajstić information content (AvgIpc) is 2.87. The van der Waals surface area contributed by atoms with Crippen LogP contribution in [0.4, 0.5) is 0 Å². The molecule has 84 valence electrons. The third-order valence-electron chi connectivity index (χ3n) is 3.40. The summed E-state index contributed by atoms with van der Waals surface area (Å²) in [5.41, 5.74) is 9.54. The smallest absolute Gasteiger partial charge is 0.126 e. The lowest BCUT2D eigenvalue weighted by atomic mass is 10.1. The molecule has 0 unspecified atom stereocenters. The molecule has 0 aliphatic heterocycles. The van der Waals surface area contributed by atoms with E-state index in [1.54, 1.807) is 0 Å². The molecule has 0 bridgehead atoms. The molecular formula is C12H16N4. The van der Waals surface area contributed by atoms with Crippen LogP contribution in [0, 0.1) is 6.92 Å². The Bertz CT molecular complexity index is 525. The maximum atomic E-state index is 6.09. The number of nitrogens with two attached hydrogens (primary N) is 1. The minimum Gasteiger partial charge on any atom is -0.358 e. The number of hydrogen-bond donors (Lipinski definition) is 2. The molecule has 4 nitrogen and oxygen atoms in total. The van der Waals surface area contributed by atoms with E-state index < -0.39 is 0 Å². The van der Waals surface area contributed by atoms with E-state index in [1.807, 2.05) is 19.3 Å². The molecule has 2 aromatic rings. The van der Waals surface area contributed by atoms with Gasteiger partial charge in [-0.1, -0.05) is 0 Å². The monoisotopic (exact) mass is 216 g/mol. The second-order valence-electron chi connectivity index (χ2n) is 4.86. The Morgan fingerprint density at radius 3 is 3.06 bits per heavy atom. The third-order valence-corrected chi connectivity index (χ3v) is 3.40. The average molecular weight is 216 g/mol. The van der Waals surface area contributed by atoms with Gasteiger partial charge in [0.15, 0.2) is 0 Å². The first kappa shape index (κ1) is 9.78. The number of fused-ring (bicyclic) bond motifs is 1.